The molecular formula is C19H20F3NO4. The van der Waals surface area contributed by atoms with Crippen LogP contribution in [0.3, 0.4) is 0 Å². The first-order chi connectivity index (χ1) is 12.7. The molecule has 0 aliphatic rings. The molecule has 0 bridgehead atoms. The van der Waals surface area contributed by atoms with Crippen LogP contribution in [0.4, 0.5) is 13.2 Å². The Morgan fingerprint density at radius 1 is 1.07 bits per heavy atom. The number of ether oxygens (including phenoxy) is 3. The van der Waals surface area contributed by atoms with E-state index in [9.17, 15) is 18.0 Å². The summed E-state index contributed by atoms with van der Waals surface area (Å²) in [6, 6.07) is 9.12. The molecule has 1 unspecified atom stereocenters. The Balaban J connectivity index is 2.00. The van der Waals surface area contributed by atoms with Crippen molar-refractivity contribution in [3.05, 3.63) is 53.6 Å². The summed E-state index contributed by atoms with van der Waals surface area (Å²) < 4.78 is 53.7. The number of carbonyl (C=O) groups is 1. The highest BCUT2D eigenvalue weighted by Crippen LogP contribution is 2.31. The van der Waals surface area contributed by atoms with E-state index in [0.29, 0.717) is 17.1 Å². The first-order valence-corrected chi connectivity index (χ1v) is 8.06. The lowest BCUT2D eigenvalue weighted by Gasteiger charge is -2.18. The Kier molecular flexibility index (Phi) is 6.55. The van der Waals surface area contributed by atoms with Crippen molar-refractivity contribution in [2.75, 3.05) is 20.8 Å². The quantitative estimate of drug-likeness (QED) is 0.786. The van der Waals surface area contributed by atoms with Gasteiger partial charge in [-0.3, -0.25) is 4.79 Å². The van der Waals surface area contributed by atoms with Crippen molar-refractivity contribution < 1.29 is 32.2 Å². The number of methoxy groups -OCH3 is 2. The van der Waals surface area contributed by atoms with Crippen molar-refractivity contribution in [1.82, 2.24) is 5.32 Å². The molecule has 0 radical (unpaired) electrons. The Bertz CT molecular complexity index is 793. The van der Waals surface area contributed by atoms with Crippen LogP contribution in [-0.4, -0.2) is 26.7 Å². The second-order valence-electron chi connectivity index (χ2n) is 5.71. The van der Waals surface area contributed by atoms with Gasteiger partial charge in [0.2, 0.25) is 0 Å². The zero-order valence-electron chi connectivity index (χ0n) is 15.1. The van der Waals surface area contributed by atoms with Gasteiger partial charge in [-0.1, -0.05) is 6.07 Å². The number of halogens is 3. The average Bonchev–Trinajstić information content (AvgIpc) is 2.65. The maximum Gasteiger partial charge on any atom is 0.416 e. The molecule has 0 aliphatic heterocycles. The number of rotatable bonds is 7. The molecule has 0 fully saturated rings. The third-order valence-electron chi connectivity index (χ3n) is 3.81. The summed E-state index contributed by atoms with van der Waals surface area (Å²) in [5.41, 5.74) is -0.140. The molecule has 0 aromatic heterocycles. The zero-order chi connectivity index (χ0) is 20.0. The average molecular weight is 383 g/mol. The van der Waals surface area contributed by atoms with E-state index >= 15 is 0 Å². The highest BCUT2D eigenvalue weighted by atomic mass is 19.4. The van der Waals surface area contributed by atoms with Gasteiger partial charge in [-0.25, -0.2) is 0 Å². The van der Waals surface area contributed by atoms with Gasteiger partial charge < -0.3 is 19.5 Å². The van der Waals surface area contributed by atoms with E-state index in [-0.39, 0.29) is 5.75 Å². The van der Waals surface area contributed by atoms with Crippen molar-refractivity contribution in [3.8, 4) is 17.2 Å². The Labute approximate surface area is 155 Å². The number of carbonyl (C=O) groups excluding carboxylic acids is 1. The topological polar surface area (TPSA) is 56.8 Å². The molecule has 2 rings (SSSR count). The monoisotopic (exact) mass is 383 g/mol. The van der Waals surface area contributed by atoms with Crippen molar-refractivity contribution >= 4 is 5.91 Å². The smallest absolute Gasteiger partial charge is 0.416 e. The van der Waals surface area contributed by atoms with Crippen molar-refractivity contribution in [2.24, 2.45) is 0 Å². The van der Waals surface area contributed by atoms with Crippen molar-refractivity contribution in [2.45, 2.75) is 19.1 Å². The number of nitrogens with one attached hydrogen (secondary N) is 1. The highest BCUT2D eigenvalue weighted by molar-refractivity contribution is 5.78. The van der Waals surface area contributed by atoms with Gasteiger partial charge in [-0.2, -0.15) is 13.2 Å². The van der Waals surface area contributed by atoms with Gasteiger partial charge in [-0.15, -0.1) is 0 Å². The molecular weight excluding hydrogens is 363 g/mol. The SMILES string of the molecule is COc1ccc(OC)c(C(C)NC(=O)COc2cccc(C(F)(F)F)c2)c1. The summed E-state index contributed by atoms with van der Waals surface area (Å²) in [6.07, 6.45) is -4.47. The van der Waals surface area contributed by atoms with Gasteiger partial charge in [-0.05, 0) is 43.3 Å². The highest BCUT2D eigenvalue weighted by Gasteiger charge is 2.30. The molecule has 0 heterocycles. The van der Waals surface area contributed by atoms with Gasteiger partial charge in [0.15, 0.2) is 6.61 Å². The van der Waals surface area contributed by atoms with Crippen LogP contribution in [0.25, 0.3) is 0 Å². The summed E-state index contributed by atoms with van der Waals surface area (Å²) in [4.78, 5) is 12.1. The lowest BCUT2D eigenvalue weighted by Crippen LogP contribution is -2.31. The lowest BCUT2D eigenvalue weighted by molar-refractivity contribution is -0.137. The third kappa shape index (κ3) is 5.54. The van der Waals surface area contributed by atoms with Crippen molar-refractivity contribution in [3.63, 3.8) is 0 Å². The molecule has 0 saturated carbocycles. The van der Waals surface area contributed by atoms with E-state index in [0.717, 1.165) is 12.1 Å². The summed E-state index contributed by atoms with van der Waals surface area (Å²) in [5.74, 6) is 0.658. The van der Waals surface area contributed by atoms with Gasteiger partial charge in [0.05, 0.1) is 25.8 Å². The molecule has 1 atom stereocenters. The van der Waals surface area contributed by atoms with E-state index in [4.69, 9.17) is 14.2 Å². The molecule has 8 heteroatoms. The largest absolute Gasteiger partial charge is 0.497 e. The minimum Gasteiger partial charge on any atom is -0.497 e. The standard InChI is InChI=1S/C19H20F3NO4/c1-12(16-10-14(25-2)7-8-17(16)26-3)23-18(24)11-27-15-6-4-5-13(9-15)19(20,21)22/h4-10,12H,11H2,1-3H3,(H,23,24). The number of benzene rings is 2. The van der Waals surface area contributed by atoms with Crippen LogP contribution in [0.15, 0.2) is 42.5 Å². The molecule has 0 aliphatic carbocycles. The number of hydrogen-bond acceptors (Lipinski definition) is 4. The second-order valence-corrected chi connectivity index (χ2v) is 5.71. The fourth-order valence-electron chi connectivity index (χ4n) is 2.45. The molecule has 27 heavy (non-hydrogen) atoms. The summed E-state index contributed by atoms with van der Waals surface area (Å²) in [5, 5.41) is 2.72. The predicted octanol–water partition coefficient (Wildman–Crippen LogP) is 3.98. The van der Waals surface area contributed by atoms with Crippen LogP contribution in [0.5, 0.6) is 17.2 Å². The fraction of sp³-hybridized carbons (Fsp3) is 0.316. The van der Waals surface area contributed by atoms with Crippen LogP contribution >= 0.6 is 0 Å². The van der Waals surface area contributed by atoms with E-state index < -0.39 is 30.3 Å². The van der Waals surface area contributed by atoms with E-state index in [1.807, 2.05) is 0 Å². The number of alkyl halides is 3. The van der Waals surface area contributed by atoms with Crippen LogP contribution in [0, 0.1) is 0 Å². The van der Waals surface area contributed by atoms with E-state index in [1.165, 1.54) is 26.4 Å². The third-order valence-corrected chi connectivity index (χ3v) is 3.81. The fourth-order valence-corrected chi connectivity index (χ4v) is 2.45. The van der Waals surface area contributed by atoms with E-state index in [2.05, 4.69) is 5.32 Å². The van der Waals surface area contributed by atoms with Crippen LogP contribution < -0.4 is 19.5 Å². The molecule has 2 aromatic rings. The maximum absolute atomic E-state index is 12.7. The summed E-state index contributed by atoms with van der Waals surface area (Å²) in [6.45, 7) is 1.33. The Morgan fingerprint density at radius 3 is 2.44 bits per heavy atom. The molecule has 1 amide bonds. The first-order valence-electron chi connectivity index (χ1n) is 8.06. The molecule has 5 nitrogen and oxygen atoms in total. The first kappa shape index (κ1) is 20.4. The van der Waals surface area contributed by atoms with Crippen LogP contribution in [-0.2, 0) is 11.0 Å². The van der Waals surface area contributed by atoms with Gasteiger partial charge in [0.1, 0.15) is 17.2 Å². The predicted molar refractivity (Wildman–Crippen MR) is 93.0 cm³/mol. The van der Waals surface area contributed by atoms with Crippen LogP contribution in [0.1, 0.15) is 24.1 Å². The molecule has 0 spiro atoms. The molecule has 1 N–H and O–H groups in total. The molecule has 146 valence electrons. The maximum atomic E-state index is 12.7. The number of hydrogen-bond donors (Lipinski definition) is 1. The summed E-state index contributed by atoms with van der Waals surface area (Å²) >= 11 is 0. The minimum absolute atomic E-state index is 0.0356. The van der Waals surface area contributed by atoms with Crippen molar-refractivity contribution in [1.29, 1.82) is 0 Å². The van der Waals surface area contributed by atoms with Gasteiger partial charge in [0.25, 0.3) is 5.91 Å². The molecule has 0 saturated heterocycles. The van der Waals surface area contributed by atoms with Gasteiger partial charge >= 0.3 is 6.18 Å². The normalized spacial score (nSPS) is 12.2. The van der Waals surface area contributed by atoms with E-state index in [1.54, 1.807) is 25.1 Å². The lowest BCUT2D eigenvalue weighted by atomic mass is 10.1. The zero-order valence-corrected chi connectivity index (χ0v) is 15.1. The Morgan fingerprint density at radius 2 is 1.81 bits per heavy atom. The molecule has 2 aromatic carbocycles. The number of amides is 1. The second kappa shape index (κ2) is 8.66. The Hall–Kier alpha value is -2.90. The van der Waals surface area contributed by atoms with Crippen LogP contribution in [0.2, 0.25) is 0 Å². The minimum atomic E-state index is -4.47. The summed E-state index contributed by atoms with van der Waals surface area (Å²) in [7, 11) is 3.04. The van der Waals surface area contributed by atoms with Gasteiger partial charge in [0, 0.05) is 5.56 Å².